The van der Waals surface area contributed by atoms with Crippen LogP contribution in [0.1, 0.15) is 39.5 Å². The summed E-state index contributed by atoms with van der Waals surface area (Å²) in [5, 5.41) is 4.72. The molecule has 1 aromatic rings. The van der Waals surface area contributed by atoms with Crippen LogP contribution in [0.15, 0.2) is 22.8 Å². The maximum Gasteiger partial charge on any atom is 0.407 e. The number of halogens is 2. The minimum absolute atomic E-state index is 0.340. The van der Waals surface area contributed by atoms with Gasteiger partial charge in [0.05, 0.1) is 25.4 Å². The van der Waals surface area contributed by atoms with E-state index in [9.17, 15) is 13.6 Å². The molecule has 0 fully saturated rings. The van der Waals surface area contributed by atoms with Crippen molar-refractivity contribution < 1.29 is 22.7 Å². The quantitative estimate of drug-likeness (QED) is 0.847. The first-order chi connectivity index (χ1) is 9.59. The van der Waals surface area contributed by atoms with Crippen molar-refractivity contribution in [2.45, 2.75) is 45.3 Å². The molecule has 1 aromatic heterocycles. The van der Waals surface area contributed by atoms with E-state index >= 15 is 0 Å². The summed E-state index contributed by atoms with van der Waals surface area (Å²) in [6.45, 7) is 5.34. The molecule has 1 unspecified atom stereocenters. The van der Waals surface area contributed by atoms with Gasteiger partial charge in [0.15, 0.2) is 0 Å². The number of ether oxygens (including phenoxy) is 1. The van der Waals surface area contributed by atoms with Crippen LogP contribution in [0.2, 0.25) is 0 Å². The fourth-order valence-corrected chi connectivity index (χ4v) is 1.52. The average molecular weight is 304 g/mol. The van der Waals surface area contributed by atoms with Crippen molar-refractivity contribution in [3.8, 4) is 0 Å². The van der Waals surface area contributed by atoms with Gasteiger partial charge in [-0.25, -0.2) is 13.6 Å². The lowest BCUT2D eigenvalue weighted by Crippen LogP contribution is -2.45. The molecule has 1 amide bonds. The number of carbonyl (C=O) groups is 1. The van der Waals surface area contributed by atoms with E-state index in [1.54, 1.807) is 39.8 Å². The molecular weight excluding hydrogens is 282 g/mol. The summed E-state index contributed by atoms with van der Waals surface area (Å²) in [7, 11) is 0. The second-order valence-corrected chi connectivity index (χ2v) is 5.83. The first-order valence-corrected chi connectivity index (χ1v) is 6.70. The Hall–Kier alpha value is -1.63. The van der Waals surface area contributed by atoms with E-state index in [0.717, 1.165) is 0 Å². The van der Waals surface area contributed by atoms with Gasteiger partial charge in [-0.15, -0.1) is 0 Å². The van der Waals surface area contributed by atoms with Crippen LogP contribution in [0.25, 0.3) is 0 Å². The van der Waals surface area contributed by atoms with E-state index in [-0.39, 0.29) is 6.04 Å². The molecule has 1 atom stereocenters. The highest BCUT2D eigenvalue weighted by Crippen LogP contribution is 2.16. The molecule has 21 heavy (non-hydrogen) atoms. The summed E-state index contributed by atoms with van der Waals surface area (Å²) in [6.07, 6.45) is 0.622. The number of alkyl carbamates (subject to hydrolysis) is 1. The Bertz CT molecular complexity index is 442. The Labute approximate surface area is 123 Å². The largest absolute Gasteiger partial charge is 0.468 e. The molecule has 0 radical (unpaired) electrons. The maximum atomic E-state index is 13.7. The zero-order valence-corrected chi connectivity index (χ0v) is 12.7. The highest BCUT2D eigenvalue weighted by molar-refractivity contribution is 5.67. The van der Waals surface area contributed by atoms with E-state index in [1.807, 2.05) is 0 Å². The fourth-order valence-electron chi connectivity index (χ4n) is 1.52. The lowest BCUT2D eigenvalue weighted by molar-refractivity contribution is -0.00565. The van der Waals surface area contributed by atoms with Crippen molar-refractivity contribution in [3.05, 3.63) is 24.2 Å². The molecule has 0 bridgehead atoms. The maximum absolute atomic E-state index is 13.7. The van der Waals surface area contributed by atoms with Gasteiger partial charge in [-0.05, 0) is 39.8 Å². The number of amides is 1. The van der Waals surface area contributed by atoms with Crippen LogP contribution in [-0.4, -0.2) is 30.7 Å². The average Bonchev–Trinajstić information content (AvgIpc) is 2.85. The normalized spacial score (nSPS) is 13.8. The van der Waals surface area contributed by atoms with Crippen molar-refractivity contribution in [1.82, 2.24) is 10.6 Å². The molecule has 2 N–H and O–H groups in total. The number of hydrogen-bond acceptors (Lipinski definition) is 4. The summed E-state index contributed by atoms with van der Waals surface area (Å²) >= 11 is 0. The monoisotopic (exact) mass is 304 g/mol. The Morgan fingerprint density at radius 2 is 2.05 bits per heavy atom. The number of carbonyl (C=O) groups excluding carboxylic acids is 1. The van der Waals surface area contributed by atoms with E-state index in [2.05, 4.69) is 10.6 Å². The van der Waals surface area contributed by atoms with Gasteiger partial charge in [0.1, 0.15) is 11.4 Å². The van der Waals surface area contributed by atoms with E-state index in [1.165, 1.54) is 6.26 Å². The van der Waals surface area contributed by atoms with Crippen molar-refractivity contribution in [1.29, 1.82) is 0 Å². The van der Waals surface area contributed by atoms with Gasteiger partial charge < -0.3 is 19.8 Å². The van der Waals surface area contributed by atoms with Gasteiger partial charge >= 0.3 is 6.09 Å². The minimum Gasteiger partial charge on any atom is -0.468 e. The lowest BCUT2D eigenvalue weighted by Gasteiger charge is -2.23. The predicted molar refractivity (Wildman–Crippen MR) is 74.3 cm³/mol. The Morgan fingerprint density at radius 3 is 2.57 bits per heavy atom. The molecule has 0 aromatic carbocycles. The molecule has 1 heterocycles. The number of hydrogen-bond donors (Lipinski definition) is 2. The summed E-state index contributed by atoms with van der Waals surface area (Å²) < 4.78 is 37.3. The van der Waals surface area contributed by atoms with Crippen LogP contribution in [0, 0.1) is 0 Å². The molecule has 0 aliphatic heterocycles. The van der Waals surface area contributed by atoms with Crippen LogP contribution >= 0.6 is 0 Å². The van der Waals surface area contributed by atoms with Crippen molar-refractivity contribution in [2.75, 3.05) is 13.1 Å². The summed E-state index contributed by atoms with van der Waals surface area (Å²) in [4.78, 5) is 11.3. The Kier molecular flexibility index (Phi) is 5.71. The highest BCUT2D eigenvalue weighted by atomic mass is 19.3. The van der Waals surface area contributed by atoms with Crippen LogP contribution in [0.3, 0.4) is 0 Å². The summed E-state index contributed by atoms with van der Waals surface area (Å²) in [5.74, 6) is -2.51. The molecule has 0 saturated carbocycles. The van der Waals surface area contributed by atoms with E-state index < -0.39 is 30.7 Å². The second-order valence-electron chi connectivity index (χ2n) is 5.83. The number of nitrogens with one attached hydrogen (secondary N) is 2. The molecular formula is C14H22F2N2O3. The molecule has 5 nitrogen and oxygen atoms in total. The molecule has 120 valence electrons. The summed E-state index contributed by atoms with van der Waals surface area (Å²) in [6, 6.07) is 3.05. The second kappa shape index (κ2) is 6.89. The van der Waals surface area contributed by atoms with E-state index in [0.29, 0.717) is 5.76 Å². The van der Waals surface area contributed by atoms with Gasteiger partial charge in [0.25, 0.3) is 5.92 Å². The van der Waals surface area contributed by atoms with Crippen molar-refractivity contribution in [3.63, 3.8) is 0 Å². The van der Waals surface area contributed by atoms with Crippen LogP contribution in [0.4, 0.5) is 13.6 Å². The molecule has 0 aliphatic rings. The summed E-state index contributed by atoms with van der Waals surface area (Å²) in [5.41, 5.74) is -0.717. The molecule has 0 spiro atoms. The smallest absolute Gasteiger partial charge is 0.407 e. The Balaban J connectivity index is 2.35. The molecule has 7 heteroatoms. The van der Waals surface area contributed by atoms with E-state index in [4.69, 9.17) is 9.15 Å². The Morgan fingerprint density at radius 1 is 1.38 bits per heavy atom. The molecule has 1 rings (SSSR count). The van der Waals surface area contributed by atoms with Crippen LogP contribution < -0.4 is 10.6 Å². The number of furan rings is 1. The van der Waals surface area contributed by atoms with Gasteiger partial charge in [-0.2, -0.15) is 0 Å². The SMILES string of the molecule is CC(NCC(F)(F)CNC(=O)OC(C)(C)C)c1ccco1. The van der Waals surface area contributed by atoms with Crippen molar-refractivity contribution >= 4 is 6.09 Å². The zero-order chi connectivity index (χ0) is 16.1. The molecule has 0 saturated heterocycles. The van der Waals surface area contributed by atoms with Gasteiger partial charge in [-0.1, -0.05) is 0 Å². The lowest BCUT2D eigenvalue weighted by atomic mass is 10.2. The third kappa shape index (κ3) is 7.08. The minimum atomic E-state index is -3.09. The van der Waals surface area contributed by atoms with Crippen LogP contribution in [-0.2, 0) is 4.74 Å². The van der Waals surface area contributed by atoms with Gasteiger partial charge in [0.2, 0.25) is 0 Å². The highest BCUT2D eigenvalue weighted by Gasteiger charge is 2.31. The fraction of sp³-hybridized carbons (Fsp3) is 0.643. The standard InChI is InChI=1S/C14H22F2N2O3/c1-10(11-6-5-7-20-11)17-8-14(15,16)9-18-12(19)21-13(2,3)4/h5-7,10,17H,8-9H2,1-4H3,(H,18,19). The van der Waals surface area contributed by atoms with Crippen molar-refractivity contribution in [2.24, 2.45) is 0 Å². The first-order valence-electron chi connectivity index (χ1n) is 6.70. The topological polar surface area (TPSA) is 63.5 Å². The van der Waals surface area contributed by atoms with Gasteiger partial charge in [0, 0.05) is 0 Å². The first kappa shape index (κ1) is 17.4. The number of rotatable bonds is 6. The van der Waals surface area contributed by atoms with Crippen LogP contribution in [0.5, 0.6) is 0 Å². The predicted octanol–water partition coefficient (Wildman–Crippen LogP) is 3.09. The third-order valence-corrected chi connectivity index (χ3v) is 2.53. The van der Waals surface area contributed by atoms with Gasteiger partial charge in [-0.3, -0.25) is 0 Å². The zero-order valence-electron chi connectivity index (χ0n) is 12.7. The third-order valence-electron chi connectivity index (χ3n) is 2.53. The number of alkyl halides is 2. The molecule has 0 aliphatic carbocycles.